The van der Waals surface area contributed by atoms with Crippen LogP contribution < -0.4 is 10.7 Å². The Morgan fingerprint density at radius 1 is 1.46 bits per heavy atom. The first-order valence-electron chi connectivity index (χ1n) is 7.67. The van der Waals surface area contributed by atoms with Gasteiger partial charge in [0.25, 0.3) is 5.91 Å². The summed E-state index contributed by atoms with van der Waals surface area (Å²) in [6, 6.07) is 8.39. The summed E-state index contributed by atoms with van der Waals surface area (Å²) < 4.78 is 14.6. The van der Waals surface area contributed by atoms with Crippen LogP contribution in [0.5, 0.6) is 0 Å². The predicted octanol–water partition coefficient (Wildman–Crippen LogP) is 1.72. The van der Waals surface area contributed by atoms with Gasteiger partial charge in [0.05, 0.1) is 5.69 Å². The molecular formula is C17H14FN5O3. The van der Waals surface area contributed by atoms with Gasteiger partial charge in [-0.25, -0.2) is 25.0 Å². The Labute approximate surface area is 147 Å². The molecule has 2 aromatic rings. The number of amides is 2. The highest BCUT2D eigenvalue weighted by Crippen LogP contribution is 2.30. The predicted molar refractivity (Wildman–Crippen MR) is 89.2 cm³/mol. The molecule has 0 saturated carbocycles. The molecule has 2 heterocycles. The smallest absolute Gasteiger partial charge is 0.422 e. The summed E-state index contributed by atoms with van der Waals surface area (Å²) in [7, 11) is 0. The lowest BCUT2D eigenvalue weighted by atomic mass is 10.0. The molecule has 9 heteroatoms. The van der Waals surface area contributed by atoms with Crippen LogP contribution in [0.25, 0.3) is 11.1 Å². The average molecular weight is 355 g/mol. The summed E-state index contributed by atoms with van der Waals surface area (Å²) in [4.78, 5) is 28.4. The number of hydrogen-bond donors (Lipinski definition) is 2. The Balaban J connectivity index is 1.91. The molecule has 0 bridgehead atoms. The van der Waals surface area contributed by atoms with Gasteiger partial charge < -0.3 is 10.0 Å². The van der Waals surface area contributed by atoms with E-state index in [1.807, 2.05) is 6.07 Å². The average Bonchev–Trinajstić information content (AvgIpc) is 3.02. The maximum absolute atomic E-state index is 14.6. The van der Waals surface area contributed by atoms with Crippen LogP contribution in [0.2, 0.25) is 0 Å². The molecule has 1 aliphatic heterocycles. The molecule has 1 aliphatic rings. The van der Waals surface area contributed by atoms with E-state index in [-0.39, 0.29) is 24.3 Å². The number of rotatable bonds is 3. The van der Waals surface area contributed by atoms with Crippen LogP contribution in [0.3, 0.4) is 0 Å². The molecule has 1 atom stereocenters. The summed E-state index contributed by atoms with van der Waals surface area (Å²) >= 11 is 0. The molecule has 0 aliphatic carbocycles. The van der Waals surface area contributed by atoms with Gasteiger partial charge in [-0.2, -0.15) is 5.26 Å². The van der Waals surface area contributed by atoms with Gasteiger partial charge >= 0.3 is 6.09 Å². The lowest BCUT2D eigenvalue weighted by Gasteiger charge is -2.21. The number of anilines is 1. The highest BCUT2D eigenvalue weighted by atomic mass is 19.1. The highest BCUT2D eigenvalue weighted by Gasteiger charge is 2.38. The summed E-state index contributed by atoms with van der Waals surface area (Å²) in [5.74, 6) is 4.13. The number of nitriles is 1. The fraction of sp³-hybridized carbons (Fsp3) is 0.176. The van der Waals surface area contributed by atoms with Crippen molar-refractivity contribution in [2.75, 3.05) is 11.4 Å². The molecule has 0 spiro atoms. The molecule has 1 fully saturated rings. The Bertz CT molecular complexity index is 927. The van der Waals surface area contributed by atoms with Gasteiger partial charge in [0.2, 0.25) is 0 Å². The van der Waals surface area contributed by atoms with E-state index in [4.69, 9.17) is 16.2 Å². The first-order valence-corrected chi connectivity index (χ1v) is 7.67. The van der Waals surface area contributed by atoms with Gasteiger partial charge in [0, 0.05) is 18.3 Å². The van der Waals surface area contributed by atoms with Gasteiger partial charge in [0.1, 0.15) is 23.6 Å². The van der Waals surface area contributed by atoms with Crippen molar-refractivity contribution in [1.82, 2.24) is 9.99 Å². The molecular weight excluding hydrogens is 341 g/mol. The Morgan fingerprint density at radius 2 is 2.23 bits per heavy atom. The van der Waals surface area contributed by atoms with E-state index >= 15 is 0 Å². The number of hydrazine groups is 1. The van der Waals surface area contributed by atoms with E-state index in [9.17, 15) is 14.0 Å². The van der Waals surface area contributed by atoms with Gasteiger partial charge in [0.15, 0.2) is 0 Å². The molecule has 3 N–H and O–H groups in total. The van der Waals surface area contributed by atoms with Crippen LogP contribution in [0.15, 0.2) is 36.5 Å². The fourth-order valence-electron chi connectivity index (χ4n) is 2.92. The molecule has 132 valence electrons. The number of hydrogen-bond acceptors (Lipinski definition) is 5. The Kier molecular flexibility index (Phi) is 4.51. The third kappa shape index (κ3) is 2.94. The maximum atomic E-state index is 14.6. The van der Waals surface area contributed by atoms with Gasteiger partial charge in [-0.15, -0.1) is 0 Å². The molecule has 0 unspecified atom stereocenters. The van der Waals surface area contributed by atoms with Gasteiger partial charge in [-0.1, -0.05) is 6.07 Å². The first kappa shape index (κ1) is 17.3. The molecule has 26 heavy (non-hydrogen) atoms. The van der Waals surface area contributed by atoms with Crippen LogP contribution in [-0.4, -0.2) is 39.7 Å². The van der Waals surface area contributed by atoms with Crippen molar-refractivity contribution in [3.8, 4) is 17.2 Å². The number of carbonyl (C=O) groups excluding carboxylic acids is 1. The monoisotopic (exact) mass is 355 g/mol. The van der Waals surface area contributed by atoms with Crippen LogP contribution in [0.1, 0.15) is 12.1 Å². The van der Waals surface area contributed by atoms with E-state index in [0.717, 1.165) is 0 Å². The van der Waals surface area contributed by atoms with E-state index < -0.39 is 23.9 Å². The molecule has 8 nitrogen and oxygen atoms in total. The SMILES string of the molecule is N#Cc1ncccc1-c1ccc(N2CC[C@H](N(N)C(=O)O)C2=O)c(F)c1. The topological polar surface area (TPSA) is 124 Å². The normalized spacial score (nSPS) is 16.4. The Hall–Kier alpha value is -3.51. The second-order valence-electron chi connectivity index (χ2n) is 5.66. The van der Waals surface area contributed by atoms with Crippen LogP contribution in [0, 0.1) is 17.1 Å². The second-order valence-corrected chi connectivity index (χ2v) is 5.66. The summed E-state index contributed by atoms with van der Waals surface area (Å²) in [5, 5.41) is 18.5. The third-order valence-electron chi connectivity index (χ3n) is 4.20. The fourth-order valence-corrected chi connectivity index (χ4v) is 2.92. The second kappa shape index (κ2) is 6.78. The lowest BCUT2D eigenvalue weighted by Crippen LogP contribution is -2.49. The third-order valence-corrected chi connectivity index (χ3v) is 4.20. The zero-order valence-corrected chi connectivity index (χ0v) is 13.5. The molecule has 0 radical (unpaired) electrons. The molecule has 1 saturated heterocycles. The summed E-state index contributed by atoms with van der Waals surface area (Å²) in [5.41, 5.74) is 1.12. The van der Waals surface area contributed by atoms with E-state index in [1.165, 1.54) is 23.2 Å². The molecule has 1 aromatic carbocycles. The number of benzene rings is 1. The maximum Gasteiger partial charge on any atom is 0.422 e. The van der Waals surface area contributed by atoms with Crippen LogP contribution >= 0.6 is 0 Å². The minimum absolute atomic E-state index is 0.0300. The summed E-state index contributed by atoms with van der Waals surface area (Å²) in [6.07, 6.45) is 0.211. The standard InChI is InChI=1S/C17H14FN5O3/c18-12-8-10(11-2-1-6-21-13(11)9-19)3-4-14(12)22-7-5-15(16(22)24)23(20)17(25)26/h1-4,6,8,15H,5,7,20H2,(H,25,26)/t15-/m0/s1. The first-order chi connectivity index (χ1) is 12.4. The van der Waals surface area contributed by atoms with Crippen LogP contribution in [0.4, 0.5) is 14.9 Å². The van der Waals surface area contributed by atoms with E-state index in [1.54, 1.807) is 18.2 Å². The lowest BCUT2D eigenvalue weighted by molar-refractivity contribution is -0.121. The number of carbonyl (C=O) groups is 2. The number of nitrogens with zero attached hydrogens (tertiary/aromatic N) is 4. The van der Waals surface area contributed by atoms with Crippen molar-refractivity contribution >= 4 is 17.7 Å². The van der Waals surface area contributed by atoms with Gasteiger partial charge in [-0.3, -0.25) is 4.79 Å². The quantitative estimate of drug-likeness (QED) is 0.491. The van der Waals surface area contributed by atoms with E-state index in [2.05, 4.69) is 4.98 Å². The zero-order valence-electron chi connectivity index (χ0n) is 13.5. The number of nitrogens with two attached hydrogens (primary N) is 1. The Morgan fingerprint density at radius 3 is 2.88 bits per heavy atom. The minimum Gasteiger partial charge on any atom is -0.464 e. The van der Waals surface area contributed by atoms with Crippen molar-refractivity contribution in [1.29, 1.82) is 5.26 Å². The van der Waals surface area contributed by atoms with Crippen molar-refractivity contribution in [2.24, 2.45) is 5.84 Å². The molecule has 1 aromatic heterocycles. The summed E-state index contributed by atoms with van der Waals surface area (Å²) in [6.45, 7) is 0.150. The van der Waals surface area contributed by atoms with Crippen molar-refractivity contribution in [2.45, 2.75) is 12.5 Å². The van der Waals surface area contributed by atoms with Crippen molar-refractivity contribution < 1.29 is 19.1 Å². The van der Waals surface area contributed by atoms with Crippen LogP contribution in [-0.2, 0) is 4.79 Å². The largest absolute Gasteiger partial charge is 0.464 e. The number of carboxylic acid groups (broad SMARTS) is 1. The highest BCUT2D eigenvalue weighted by molar-refractivity contribution is 6.01. The van der Waals surface area contributed by atoms with Crippen molar-refractivity contribution in [3.63, 3.8) is 0 Å². The van der Waals surface area contributed by atoms with E-state index in [0.29, 0.717) is 16.1 Å². The number of halogens is 1. The molecule has 3 rings (SSSR count). The van der Waals surface area contributed by atoms with Gasteiger partial charge in [-0.05, 0) is 36.2 Å². The number of pyridine rings is 1. The zero-order chi connectivity index (χ0) is 18.8. The molecule has 2 amide bonds. The number of aromatic nitrogens is 1. The van der Waals surface area contributed by atoms with Crippen molar-refractivity contribution in [3.05, 3.63) is 48.0 Å². The minimum atomic E-state index is -1.43.